The second kappa shape index (κ2) is 5.45. The van der Waals surface area contributed by atoms with Gasteiger partial charge >= 0.3 is 0 Å². The van der Waals surface area contributed by atoms with Crippen LogP contribution in [0.1, 0.15) is 19.8 Å². The van der Waals surface area contributed by atoms with Gasteiger partial charge in [0.25, 0.3) is 0 Å². The van der Waals surface area contributed by atoms with E-state index in [1.165, 1.54) is 12.5 Å². The Bertz CT molecular complexity index is 408. The molecule has 17 heavy (non-hydrogen) atoms. The molecule has 4 heteroatoms. The molecule has 1 aliphatic heterocycles. The highest BCUT2D eigenvalue weighted by Gasteiger charge is 2.18. The summed E-state index contributed by atoms with van der Waals surface area (Å²) in [6.45, 7) is 4.14. The summed E-state index contributed by atoms with van der Waals surface area (Å²) < 4.78 is 13.5. The molecule has 1 aliphatic rings. The quantitative estimate of drug-likeness (QED) is 0.772. The Labute approximate surface area is 107 Å². The lowest BCUT2D eigenvalue weighted by Gasteiger charge is -2.33. The molecule has 1 atom stereocenters. The Morgan fingerprint density at radius 3 is 2.94 bits per heavy atom. The Balaban J connectivity index is 1.99. The average Bonchev–Trinajstić information content (AvgIpc) is 2.32. The van der Waals surface area contributed by atoms with Gasteiger partial charge in [0.1, 0.15) is 5.82 Å². The summed E-state index contributed by atoms with van der Waals surface area (Å²) in [6.07, 6.45) is 2.40. The van der Waals surface area contributed by atoms with Crippen LogP contribution in [0.15, 0.2) is 24.3 Å². The lowest BCUT2D eigenvalue weighted by molar-refractivity contribution is 0.276. The first-order valence-corrected chi connectivity index (χ1v) is 6.38. The first kappa shape index (κ1) is 12.3. The van der Waals surface area contributed by atoms with Crippen molar-refractivity contribution in [2.45, 2.75) is 19.8 Å². The van der Waals surface area contributed by atoms with E-state index in [1.54, 1.807) is 18.2 Å². The van der Waals surface area contributed by atoms with E-state index in [0.29, 0.717) is 16.7 Å². The molecule has 0 unspecified atom stereocenters. The van der Waals surface area contributed by atoms with Crippen LogP contribution in [0.3, 0.4) is 0 Å². The third kappa shape index (κ3) is 3.16. The minimum atomic E-state index is -0.264. The third-order valence-corrected chi connectivity index (χ3v) is 3.42. The van der Waals surface area contributed by atoms with Crippen molar-refractivity contribution in [3.8, 4) is 0 Å². The molecule has 2 nitrogen and oxygen atoms in total. The molecule has 1 heterocycles. The van der Waals surface area contributed by atoms with Crippen LogP contribution in [-0.2, 0) is 0 Å². The van der Waals surface area contributed by atoms with Crippen LogP contribution in [-0.4, -0.2) is 23.1 Å². The molecule has 1 aromatic carbocycles. The molecule has 0 spiro atoms. The zero-order valence-corrected chi connectivity index (χ0v) is 10.8. The summed E-state index contributed by atoms with van der Waals surface area (Å²) in [7, 11) is 0. The van der Waals surface area contributed by atoms with Crippen LogP contribution in [0.5, 0.6) is 0 Å². The van der Waals surface area contributed by atoms with E-state index >= 15 is 0 Å². The molecule has 1 fully saturated rings. The van der Waals surface area contributed by atoms with E-state index < -0.39 is 0 Å². The molecule has 0 radical (unpaired) electrons. The lowest BCUT2D eigenvalue weighted by atomic mass is 10.0. The number of likely N-dealkylation sites (tertiary alicyclic amines) is 1. The van der Waals surface area contributed by atoms with Crippen LogP contribution in [0, 0.1) is 11.7 Å². The lowest BCUT2D eigenvalue weighted by Crippen LogP contribution is -2.41. The van der Waals surface area contributed by atoms with Crippen molar-refractivity contribution in [1.82, 2.24) is 4.90 Å². The SMILES string of the molecule is C[C@@H]1CCCN(C(=S)Nc2ccccc2F)C1. The largest absolute Gasteiger partial charge is 0.349 e. The van der Waals surface area contributed by atoms with Crippen molar-refractivity contribution < 1.29 is 4.39 Å². The Morgan fingerprint density at radius 2 is 2.24 bits per heavy atom. The smallest absolute Gasteiger partial charge is 0.173 e. The zero-order valence-electron chi connectivity index (χ0n) is 9.95. The number of para-hydroxylation sites is 1. The van der Waals surface area contributed by atoms with Crippen LogP contribution >= 0.6 is 12.2 Å². The molecule has 1 N–H and O–H groups in total. The fraction of sp³-hybridized carbons (Fsp3) is 0.462. The first-order chi connectivity index (χ1) is 8.16. The van der Waals surface area contributed by atoms with E-state index in [4.69, 9.17) is 12.2 Å². The molecular weight excluding hydrogens is 235 g/mol. The van der Waals surface area contributed by atoms with Crippen LogP contribution < -0.4 is 5.32 Å². The maximum Gasteiger partial charge on any atom is 0.173 e. The molecule has 92 valence electrons. The standard InChI is InChI=1S/C13H17FN2S/c1-10-5-4-8-16(9-10)13(17)15-12-7-3-2-6-11(12)14/h2-3,6-7,10H,4-5,8-9H2,1H3,(H,15,17)/t10-/m1/s1. The summed E-state index contributed by atoms with van der Waals surface area (Å²) in [6, 6.07) is 6.61. The number of hydrogen-bond donors (Lipinski definition) is 1. The Hall–Kier alpha value is -1.16. The predicted octanol–water partition coefficient (Wildman–Crippen LogP) is 3.25. The van der Waals surface area contributed by atoms with Crippen molar-refractivity contribution in [2.75, 3.05) is 18.4 Å². The summed E-state index contributed by atoms with van der Waals surface area (Å²) >= 11 is 5.32. The Kier molecular flexibility index (Phi) is 3.94. The van der Waals surface area contributed by atoms with Gasteiger partial charge in [-0.3, -0.25) is 0 Å². The van der Waals surface area contributed by atoms with Gasteiger partial charge in [0.15, 0.2) is 5.11 Å². The molecular formula is C13H17FN2S. The minimum absolute atomic E-state index is 0.264. The zero-order chi connectivity index (χ0) is 12.3. The van der Waals surface area contributed by atoms with Crippen molar-refractivity contribution >= 4 is 23.0 Å². The average molecular weight is 252 g/mol. The fourth-order valence-corrected chi connectivity index (χ4v) is 2.41. The van der Waals surface area contributed by atoms with E-state index in [1.807, 2.05) is 0 Å². The highest BCUT2D eigenvalue weighted by molar-refractivity contribution is 7.80. The van der Waals surface area contributed by atoms with Gasteiger partial charge in [-0.05, 0) is 43.1 Å². The summed E-state index contributed by atoms with van der Waals surface area (Å²) in [5, 5.41) is 3.61. The number of anilines is 1. The third-order valence-electron chi connectivity index (χ3n) is 3.06. The molecule has 1 aromatic rings. The molecule has 0 aromatic heterocycles. The van der Waals surface area contributed by atoms with Gasteiger partial charge in [-0.15, -0.1) is 0 Å². The second-order valence-corrected chi connectivity index (χ2v) is 4.99. The minimum Gasteiger partial charge on any atom is -0.349 e. The Morgan fingerprint density at radius 1 is 1.47 bits per heavy atom. The number of thiocarbonyl (C=S) groups is 1. The molecule has 0 aliphatic carbocycles. The molecule has 0 saturated carbocycles. The van der Waals surface area contributed by atoms with Gasteiger partial charge in [-0.2, -0.15) is 0 Å². The van der Waals surface area contributed by atoms with Crippen molar-refractivity contribution in [3.05, 3.63) is 30.1 Å². The molecule has 0 amide bonds. The summed E-state index contributed by atoms with van der Waals surface area (Å²) in [5.74, 6) is 0.393. The van der Waals surface area contributed by atoms with Crippen LogP contribution in [0.4, 0.5) is 10.1 Å². The second-order valence-electron chi connectivity index (χ2n) is 4.60. The highest BCUT2D eigenvalue weighted by Crippen LogP contribution is 2.18. The van der Waals surface area contributed by atoms with Crippen molar-refractivity contribution in [1.29, 1.82) is 0 Å². The molecule has 2 rings (SSSR count). The van der Waals surface area contributed by atoms with Crippen molar-refractivity contribution in [2.24, 2.45) is 5.92 Å². The van der Waals surface area contributed by atoms with E-state index in [9.17, 15) is 4.39 Å². The van der Waals surface area contributed by atoms with E-state index in [0.717, 1.165) is 19.5 Å². The summed E-state index contributed by atoms with van der Waals surface area (Å²) in [5.41, 5.74) is 0.454. The number of benzene rings is 1. The monoisotopic (exact) mass is 252 g/mol. The highest BCUT2D eigenvalue weighted by atomic mass is 32.1. The van der Waals surface area contributed by atoms with E-state index in [2.05, 4.69) is 17.1 Å². The van der Waals surface area contributed by atoms with Gasteiger partial charge in [0.05, 0.1) is 5.69 Å². The van der Waals surface area contributed by atoms with E-state index in [-0.39, 0.29) is 5.82 Å². The maximum absolute atomic E-state index is 13.5. The van der Waals surface area contributed by atoms with Gasteiger partial charge in [0.2, 0.25) is 0 Å². The number of rotatable bonds is 1. The molecule has 0 bridgehead atoms. The van der Waals surface area contributed by atoms with Gasteiger partial charge in [0, 0.05) is 13.1 Å². The topological polar surface area (TPSA) is 15.3 Å². The number of halogens is 1. The van der Waals surface area contributed by atoms with Gasteiger partial charge < -0.3 is 10.2 Å². The first-order valence-electron chi connectivity index (χ1n) is 5.97. The van der Waals surface area contributed by atoms with Crippen LogP contribution in [0.25, 0.3) is 0 Å². The van der Waals surface area contributed by atoms with Gasteiger partial charge in [-0.25, -0.2) is 4.39 Å². The number of piperidine rings is 1. The number of nitrogens with zero attached hydrogens (tertiary/aromatic N) is 1. The normalized spacial score (nSPS) is 20.1. The predicted molar refractivity (Wildman–Crippen MR) is 72.6 cm³/mol. The summed E-state index contributed by atoms with van der Waals surface area (Å²) in [4.78, 5) is 2.12. The number of nitrogens with one attached hydrogen (secondary N) is 1. The maximum atomic E-state index is 13.5. The van der Waals surface area contributed by atoms with Crippen LogP contribution in [0.2, 0.25) is 0 Å². The fourth-order valence-electron chi connectivity index (χ4n) is 2.13. The number of hydrogen-bond acceptors (Lipinski definition) is 1. The molecule has 1 saturated heterocycles. The van der Waals surface area contributed by atoms with Gasteiger partial charge in [-0.1, -0.05) is 19.1 Å². The van der Waals surface area contributed by atoms with Crippen molar-refractivity contribution in [3.63, 3.8) is 0 Å².